The molecule has 0 saturated heterocycles. The zero-order valence-corrected chi connectivity index (χ0v) is 28.4. The van der Waals surface area contributed by atoms with E-state index in [9.17, 15) is 0 Å². The van der Waals surface area contributed by atoms with E-state index in [2.05, 4.69) is 36.6 Å². The lowest BCUT2D eigenvalue weighted by molar-refractivity contribution is -0.555. The van der Waals surface area contributed by atoms with Crippen molar-refractivity contribution < 1.29 is 4.58 Å². The van der Waals surface area contributed by atoms with E-state index in [1.807, 2.05) is 0 Å². The first-order valence-electron chi connectivity index (χ1n) is 19.2. The highest BCUT2D eigenvalue weighted by molar-refractivity contribution is 5.50. The Morgan fingerprint density at radius 3 is 1.02 bits per heavy atom. The Kier molecular flexibility index (Phi) is 28.1. The molecular weight excluding hydrogens is 484 g/mol. The van der Waals surface area contributed by atoms with Crippen molar-refractivity contribution in [2.45, 2.75) is 219 Å². The highest BCUT2D eigenvalue weighted by atomic mass is 15.3. The van der Waals surface area contributed by atoms with Crippen molar-refractivity contribution >= 4 is 6.34 Å². The first-order valence-corrected chi connectivity index (χ1v) is 19.2. The summed E-state index contributed by atoms with van der Waals surface area (Å²) in [5, 5.41) is 0. The molecule has 0 saturated carbocycles. The lowest BCUT2D eigenvalue weighted by Gasteiger charge is -2.16. The van der Waals surface area contributed by atoms with Crippen LogP contribution in [0.2, 0.25) is 0 Å². The molecule has 0 spiro atoms. The number of hydrogen-bond donors (Lipinski definition) is 0. The van der Waals surface area contributed by atoms with Gasteiger partial charge in [-0.25, -0.2) is 0 Å². The van der Waals surface area contributed by atoms with Crippen molar-refractivity contribution in [3.63, 3.8) is 0 Å². The van der Waals surface area contributed by atoms with Crippen LogP contribution < -0.4 is 0 Å². The minimum Gasteiger partial charge on any atom is -0.265 e. The van der Waals surface area contributed by atoms with Gasteiger partial charge in [0, 0.05) is 0 Å². The lowest BCUT2D eigenvalue weighted by atomic mass is 9.99. The Bertz CT molecular complexity index is 496. The molecule has 40 heavy (non-hydrogen) atoms. The Hall–Kier alpha value is -0.530. The third-order valence-electron chi connectivity index (χ3n) is 9.61. The SMILES string of the molecule is CCCCCCCCCCCCCCCCC(CCCCCCCCCCCCCCCC)[N+]1=CN(CC)CC1. The van der Waals surface area contributed by atoms with E-state index in [0.29, 0.717) is 0 Å². The second-order valence-corrected chi connectivity index (χ2v) is 13.4. The summed E-state index contributed by atoms with van der Waals surface area (Å²) in [7, 11) is 0. The molecule has 0 aliphatic carbocycles. The first-order chi connectivity index (χ1) is 19.8. The Morgan fingerprint density at radius 1 is 0.450 bits per heavy atom. The summed E-state index contributed by atoms with van der Waals surface area (Å²) in [6.07, 6.45) is 46.2. The molecule has 0 amide bonds. The monoisotopic (exact) mass is 562 g/mol. The van der Waals surface area contributed by atoms with Gasteiger partial charge in [0.05, 0.1) is 12.6 Å². The molecule has 1 rings (SSSR count). The molecule has 1 aliphatic rings. The Morgan fingerprint density at radius 2 is 0.750 bits per heavy atom. The van der Waals surface area contributed by atoms with Gasteiger partial charge in [0.25, 0.3) is 0 Å². The van der Waals surface area contributed by atoms with Crippen LogP contribution in [-0.4, -0.2) is 41.5 Å². The van der Waals surface area contributed by atoms with E-state index < -0.39 is 0 Å². The molecule has 0 atom stereocenters. The largest absolute Gasteiger partial charge is 0.265 e. The number of unbranched alkanes of at least 4 members (excludes halogenated alkanes) is 26. The van der Waals surface area contributed by atoms with Crippen LogP contribution in [0.15, 0.2) is 0 Å². The van der Waals surface area contributed by atoms with Crippen LogP contribution in [0.25, 0.3) is 0 Å². The van der Waals surface area contributed by atoms with Gasteiger partial charge in [-0.2, -0.15) is 0 Å². The lowest BCUT2D eigenvalue weighted by Crippen LogP contribution is -2.26. The van der Waals surface area contributed by atoms with E-state index in [1.165, 1.54) is 212 Å². The van der Waals surface area contributed by atoms with Gasteiger partial charge in [0.1, 0.15) is 13.1 Å². The van der Waals surface area contributed by atoms with E-state index in [-0.39, 0.29) is 0 Å². The zero-order valence-electron chi connectivity index (χ0n) is 28.4. The third kappa shape index (κ3) is 23.1. The molecule has 0 bridgehead atoms. The Balaban J connectivity index is 2.03. The summed E-state index contributed by atoms with van der Waals surface area (Å²) in [5.74, 6) is 0. The van der Waals surface area contributed by atoms with Crippen LogP contribution >= 0.6 is 0 Å². The number of hydrogen-bond acceptors (Lipinski definition) is 1. The van der Waals surface area contributed by atoms with Crippen LogP contribution in [0.1, 0.15) is 213 Å². The van der Waals surface area contributed by atoms with E-state index in [0.717, 1.165) is 6.04 Å². The van der Waals surface area contributed by atoms with Crippen molar-refractivity contribution in [1.82, 2.24) is 4.90 Å². The Labute approximate surface area is 254 Å². The van der Waals surface area contributed by atoms with Crippen LogP contribution in [0.4, 0.5) is 0 Å². The molecule has 0 fully saturated rings. The first kappa shape index (κ1) is 37.5. The maximum Gasteiger partial charge on any atom is 0.234 e. The predicted molar refractivity (Wildman–Crippen MR) is 182 cm³/mol. The summed E-state index contributed by atoms with van der Waals surface area (Å²) >= 11 is 0. The van der Waals surface area contributed by atoms with Gasteiger partial charge in [-0.05, 0) is 32.6 Å². The van der Waals surface area contributed by atoms with Crippen LogP contribution in [-0.2, 0) is 0 Å². The standard InChI is InChI=1S/C38H77N2/c1-4-7-9-11-13-15-17-19-21-23-25-27-29-31-33-38(40-36-35-39(6-3)37-40)34-32-30-28-26-24-22-20-18-16-14-12-10-8-5-2/h37-38H,4-36H2,1-3H3/q+1. The fourth-order valence-electron chi connectivity index (χ4n) is 6.71. The number of likely N-dealkylation sites (N-methyl/N-ethyl adjacent to an activating group) is 1. The molecule has 2 nitrogen and oxygen atoms in total. The molecule has 0 aromatic heterocycles. The molecule has 238 valence electrons. The molecule has 1 aliphatic heterocycles. The van der Waals surface area contributed by atoms with Crippen LogP contribution in [0.5, 0.6) is 0 Å². The second kappa shape index (κ2) is 29.9. The van der Waals surface area contributed by atoms with Crippen molar-refractivity contribution in [3.05, 3.63) is 0 Å². The summed E-state index contributed by atoms with van der Waals surface area (Å²) in [6, 6.07) is 0.797. The minimum absolute atomic E-state index is 0.797. The van der Waals surface area contributed by atoms with Gasteiger partial charge in [0.2, 0.25) is 6.34 Å². The van der Waals surface area contributed by atoms with E-state index >= 15 is 0 Å². The van der Waals surface area contributed by atoms with Crippen LogP contribution in [0.3, 0.4) is 0 Å². The summed E-state index contributed by atoms with van der Waals surface area (Å²) in [6.45, 7) is 10.6. The fourth-order valence-corrected chi connectivity index (χ4v) is 6.71. The predicted octanol–water partition coefficient (Wildman–Crippen LogP) is 12.5. The molecule has 0 radical (unpaired) electrons. The molecule has 0 unspecified atom stereocenters. The van der Waals surface area contributed by atoms with E-state index in [1.54, 1.807) is 0 Å². The normalized spacial score (nSPS) is 13.6. The van der Waals surface area contributed by atoms with Crippen LogP contribution in [0, 0.1) is 0 Å². The number of rotatable bonds is 32. The second-order valence-electron chi connectivity index (χ2n) is 13.4. The molecule has 1 heterocycles. The highest BCUT2D eigenvalue weighted by Gasteiger charge is 2.24. The van der Waals surface area contributed by atoms with Gasteiger partial charge in [-0.1, -0.05) is 181 Å². The van der Waals surface area contributed by atoms with Crippen molar-refractivity contribution in [1.29, 1.82) is 0 Å². The minimum atomic E-state index is 0.797. The molecule has 0 aromatic rings. The quantitative estimate of drug-likeness (QED) is 0.0584. The summed E-state index contributed by atoms with van der Waals surface area (Å²) in [4.78, 5) is 2.52. The number of nitrogens with zero attached hydrogens (tertiary/aromatic N) is 2. The summed E-state index contributed by atoms with van der Waals surface area (Å²) in [5.41, 5.74) is 0. The van der Waals surface area contributed by atoms with Gasteiger partial charge in [0.15, 0.2) is 0 Å². The zero-order chi connectivity index (χ0) is 28.8. The van der Waals surface area contributed by atoms with E-state index in [4.69, 9.17) is 0 Å². The van der Waals surface area contributed by atoms with Gasteiger partial charge in [-0.15, -0.1) is 0 Å². The average Bonchev–Trinajstić information content (AvgIpc) is 3.45. The van der Waals surface area contributed by atoms with Gasteiger partial charge >= 0.3 is 0 Å². The average molecular weight is 562 g/mol. The highest BCUT2D eigenvalue weighted by Crippen LogP contribution is 2.19. The fraction of sp³-hybridized carbons (Fsp3) is 0.974. The molecule has 2 heteroatoms. The maximum atomic E-state index is 2.72. The summed E-state index contributed by atoms with van der Waals surface area (Å²) < 4.78 is 2.72. The van der Waals surface area contributed by atoms with Gasteiger partial charge in [-0.3, -0.25) is 9.48 Å². The molecular formula is C38H77N2+. The topological polar surface area (TPSA) is 6.25 Å². The van der Waals surface area contributed by atoms with Gasteiger partial charge < -0.3 is 0 Å². The third-order valence-corrected chi connectivity index (χ3v) is 9.61. The molecule has 0 aromatic carbocycles. The van der Waals surface area contributed by atoms with Crippen molar-refractivity contribution in [3.8, 4) is 0 Å². The smallest absolute Gasteiger partial charge is 0.234 e. The van der Waals surface area contributed by atoms with Crippen molar-refractivity contribution in [2.75, 3.05) is 19.6 Å². The molecule has 0 N–H and O–H groups in total. The maximum absolute atomic E-state index is 2.72. The van der Waals surface area contributed by atoms with Crippen molar-refractivity contribution in [2.24, 2.45) is 0 Å².